The average Bonchev–Trinajstić information content (AvgIpc) is 3.16. The highest BCUT2D eigenvalue weighted by Crippen LogP contribution is 2.44. The highest BCUT2D eigenvalue weighted by molar-refractivity contribution is 5.97. The van der Waals surface area contributed by atoms with Gasteiger partial charge < -0.3 is 20.5 Å². The Bertz CT molecular complexity index is 1180. The molecule has 8 heteroatoms. The summed E-state index contributed by atoms with van der Waals surface area (Å²) in [4.78, 5) is 40.3. The quantitative estimate of drug-likeness (QED) is 0.459. The van der Waals surface area contributed by atoms with Crippen LogP contribution in [0.25, 0.3) is 11.1 Å². The second-order valence-corrected chi connectivity index (χ2v) is 8.07. The van der Waals surface area contributed by atoms with E-state index in [2.05, 4.69) is 27.8 Å². The molecule has 174 valence electrons. The van der Waals surface area contributed by atoms with E-state index in [1.807, 2.05) is 43.3 Å². The summed E-state index contributed by atoms with van der Waals surface area (Å²) in [5, 5.41) is 14.4. The van der Waals surface area contributed by atoms with E-state index in [0.717, 1.165) is 22.3 Å². The van der Waals surface area contributed by atoms with E-state index in [9.17, 15) is 14.4 Å². The van der Waals surface area contributed by atoms with E-state index >= 15 is 0 Å². The van der Waals surface area contributed by atoms with Crippen LogP contribution in [-0.2, 0) is 9.53 Å². The molecule has 3 N–H and O–H groups in total. The van der Waals surface area contributed by atoms with Gasteiger partial charge in [-0.05, 0) is 34.7 Å². The monoisotopic (exact) mass is 459 g/mol. The zero-order valence-electron chi connectivity index (χ0n) is 18.7. The summed E-state index contributed by atoms with van der Waals surface area (Å²) < 4.78 is 5.55. The van der Waals surface area contributed by atoms with Crippen molar-refractivity contribution >= 4 is 23.7 Å². The van der Waals surface area contributed by atoms with Gasteiger partial charge in [-0.1, -0.05) is 61.9 Å². The van der Waals surface area contributed by atoms with Crippen LogP contribution < -0.4 is 10.6 Å². The molecule has 0 bridgehead atoms. The Morgan fingerprint density at radius 2 is 1.68 bits per heavy atom. The maximum absolute atomic E-state index is 12.8. The molecule has 0 saturated carbocycles. The van der Waals surface area contributed by atoms with Crippen LogP contribution in [0.1, 0.15) is 47.2 Å². The fraction of sp³-hybridized carbons (Fsp3) is 0.231. The van der Waals surface area contributed by atoms with Gasteiger partial charge in [0.15, 0.2) is 0 Å². The first-order chi connectivity index (χ1) is 16.5. The standard InChI is InChI=1S/C26H25N3O5/c1-2-7-23(24(30)28-17-12-16(25(31)32)13-27-14-17)29-26(33)34-15-22-20-10-5-3-8-18(20)19-9-4-6-11-21(19)22/h3-6,8-14,22-23H,2,7,15H2,1H3,(H,28,30)(H,29,33)(H,31,32)/t23-/m1/s1. The number of nitrogens with one attached hydrogen (secondary N) is 2. The van der Waals surface area contributed by atoms with Gasteiger partial charge in [-0.15, -0.1) is 0 Å². The molecule has 0 aliphatic heterocycles. The number of alkyl carbamates (subject to hydrolysis) is 1. The van der Waals surface area contributed by atoms with Crippen LogP contribution in [0.15, 0.2) is 67.0 Å². The molecule has 4 rings (SSSR count). The number of benzene rings is 2. The lowest BCUT2D eigenvalue weighted by Gasteiger charge is -2.19. The fourth-order valence-electron chi connectivity index (χ4n) is 4.19. The van der Waals surface area contributed by atoms with Crippen molar-refractivity contribution in [1.29, 1.82) is 0 Å². The first-order valence-corrected chi connectivity index (χ1v) is 11.1. The van der Waals surface area contributed by atoms with Gasteiger partial charge in [0.05, 0.1) is 17.4 Å². The molecule has 1 atom stereocenters. The predicted octanol–water partition coefficient (Wildman–Crippen LogP) is 4.43. The molecule has 0 radical (unpaired) electrons. The molecule has 2 amide bonds. The molecular weight excluding hydrogens is 434 g/mol. The third kappa shape index (κ3) is 4.91. The maximum atomic E-state index is 12.8. The summed E-state index contributed by atoms with van der Waals surface area (Å²) >= 11 is 0. The van der Waals surface area contributed by atoms with Crippen molar-refractivity contribution in [2.75, 3.05) is 11.9 Å². The average molecular weight is 460 g/mol. The number of fused-ring (bicyclic) bond motifs is 3. The Morgan fingerprint density at radius 1 is 1.03 bits per heavy atom. The normalized spacial score (nSPS) is 12.9. The summed E-state index contributed by atoms with van der Waals surface area (Å²) in [7, 11) is 0. The van der Waals surface area contributed by atoms with E-state index in [0.29, 0.717) is 12.8 Å². The number of aromatic carboxylic acids is 1. The fourth-order valence-corrected chi connectivity index (χ4v) is 4.19. The number of hydrogen-bond acceptors (Lipinski definition) is 5. The van der Waals surface area contributed by atoms with E-state index < -0.39 is 24.0 Å². The number of anilines is 1. The Kier molecular flexibility index (Phi) is 6.87. The Hall–Kier alpha value is -4.20. The molecule has 1 aromatic heterocycles. The molecule has 3 aromatic rings. The van der Waals surface area contributed by atoms with Crippen LogP contribution in [0.2, 0.25) is 0 Å². The molecule has 1 aliphatic rings. The zero-order valence-corrected chi connectivity index (χ0v) is 18.7. The number of ether oxygens (including phenoxy) is 1. The van der Waals surface area contributed by atoms with Crippen LogP contribution >= 0.6 is 0 Å². The van der Waals surface area contributed by atoms with Gasteiger partial charge in [-0.25, -0.2) is 9.59 Å². The van der Waals surface area contributed by atoms with E-state index in [1.54, 1.807) is 0 Å². The van der Waals surface area contributed by atoms with Gasteiger partial charge >= 0.3 is 12.1 Å². The minimum absolute atomic E-state index is 0.0469. The molecule has 0 fully saturated rings. The molecular formula is C26H25N3O5. The number of hydrogen-bond donors (Lipinski definition) is 3. The molecule has 0 unspecified atom stereocenters. The third-order valence-electron chi connectivity index (χ3n) is 5.78. The van der Waals surface area contributed by atoms with Crippen LogP contribution in [0.5, 0.6) is 0 Å². The number of pyridine rings is 1. The van der Waals surface area contributed by atoms with Crippen LogP contribution in [0, 0.1) is 0 Å². The Balaban J connectivity index is 1.40. The smallest absolute Gasteiger partial charge is 0.407 e. The van der Waals surface area contributed by atoms with Gasteiger partial charge in [-0.3, -0.25) is 9.78 Å². The van der Waals surface area contributed by atoms with Crippen LogP contribution in [-0.4, -0.2) is 40.7 Å². The minimum atomic E-state index is -1.15. The summed E-state index contributed by atoms with van der Waals surface area (Å²) in [6, 6.07) is 16.6. The first-order valence-electron chi connectivity index (χ1n) is 11.1. The molecule has 0 spiro atoms. The van der Waals surface area contributed by atoms with Crippen LogP contribution in [0.4, 0.5) is 10.5 Å². The van der Waals surface area contributed by atoms with E-state index in [1.165, 1.54) is 18.5 Å². The zero-order chi connectivity index (χ0) is 24.1. The number of carboxylic acids is 1. The lowest BCUT2D eigenvalue weighted by Crippen LogP contribution is -2.44. The summed E-state index contributed by atoms with van der Waals surface area (Å²) in [6.07, 6.45) is 2.89. The van der Waals surface area contributed by atoms with Crippen LogP contribution in [0.3, 0.4) is 0 Å². The van der Waals surface area contributed by atoms with Crippen molar-refractivity contribution in [3.8, 4) is 11.1 Å². The lowest BCUT2D eigenvalue weighted by molar-refractivity contribution is -0.118. The van der Waals surface area contributed by atoms with Crippen molar-refractivity contribution in [2.45, 2.75) is 31.7 Å². The number of carboxylic acid groups (broad SMARTS) is 1. The number of carbonyl (C=O) groups is 3. The number of rotatable bonds is 8. The highest BCUT2D eigenvalue weighted by atomic mass is 16.5. The Labute approximate surface area is 197 Å². The van der Waals surface area contributed by atoms with E-state index in [-0.39, 0.29) is 23.8 Å². The highest BCUT2D eigenvalue weighted by Gasteiger charge is 2.29. The number of carbonyl (C=O) groups excluding carboxylic acids is 2. The predicted molar refractivity (Wildman–Crippen MR) is 127 cm³/mol. The molecule has 34 heavy (non-hydrogen) atoms. The minimum Gasteiger partial charge on any atom is -0.478 e. The number of aromatic nitrogens is 1. The summed E-state index contributed by atoms with van der Waals surface area (Å²) in [5.41, 5.74) is 4.66. The van der Waals surface area contributed by atoms with Crippen molar-refractivity contribution in [3.63, 3.8) is 0 Å². The van der Waals surface area contributed by atoms with Gasteiger partial charge in [0.25, 0.3) is 0 Å². The number of nitrogens with zero attached hydrogens (tertiary/aromatic N) is 1. The second-order valence-electron chi connectivity index (χ2n) is 8.07. The lowest BCUT2D eigenvalue weighted by atomic mass is 9.98. The van der Waals surface area contributed by atoms with Gasteiger partial charge in [-0.2, -0.15) is 0 Å². The van der Waals surface area contributed by atoms with E-state index in [4.69, 9.17) is 9.84 Å². The van der Waals surface area contributed by atoms with Crippen molar-refractivity contribution in [3.05, 3.63) is 83.7 Å². The molecule has 0 saturated heterocycles. The second kappa shape index (κ2) is 10.2. The topological polar surface area (TPSA) is 118 Å². The van der Waals surface area contributed by atoms with Gasteiger partial charge in [0.1, 0.15) is 12.6 Å². The Morgan fingerprint density at radius 3 is 2.29 bits per heavy atom. The van der Waals surface area contributed by atoms with Gasteiger partial charge in [0, 0.05) is 12.1 Å². The maximum Gasteiger partial charge on any atom is 0.407 e. The molecule has 1 aliphatic carbocycles. The summed E-state index contributed by atoms with van der Waals surface area (Å²) in [6.45, 7) is 2.04. The summed E-state index contributed by atoms with van der Waals surface area (Å²) in [5.74, 6) is -1.70. The molecule has 8 nitrogen and oxygen atoms in total. The molecule has 2 aromatic carbocycles. The van der Waals surface area contributed by atoms with Crippen molar-refractivity contribution in [1.82, 2.24) is 10.3 Å². The van der Waals surface area contributed by atoms with Crippen molar-refractivity contribution < 1.29 is 24.2 Å². The third-order valence-corrected chi connectivity index (χ3v) is 5.78. The van der Waals surface area contributed by atoms with Crippen molar-refractivity contribution in [2.24, 2.45) is 0 Å². The molecule has 1 heterocycles. The SMILES string of the molecule is CCC[C@@H](NC(=O)OCC1c2ccccc2-c2ccccc21)C(=O)Nc1cncc(C(=O)O)c1. The number of amides is 2. The van der Waals surface area contributed by atoms with Gasteiger partial charge in [0.2, 0.25) is 5.91 Å². The largest absolute Gasteiger partial charge is 0.478 e. The first kappa shape index (κ1) is 23.0.